The Bertz CT molecular complexity index is 457. The van der Waals surface area contributed by atoms with Gasteiger partial charge in [-0.1, -0.05) is 36.1 Å². The first-order chi connectivity index (χ1) is 7.86. The van der Waals surface area contributed by atoms with Gasteiger partial charge in [-0.05, 0) is 31.4 Å². The number of hydrogen-bond donors (Lipinski definition) is 0. The smallest absolute Gasteiger partial charge is 0.170 e. The molecule has 80 valence electrons. The van der Waals surface area contributed by atoms with Crippen LogP contribution < -0.4 is 0 Å². The minimum absolute atomic E-state index is 0.195. The minimum Gasteiger partial charge on any atom is -0.293 e. The van der Waals surface area contributed by atoms with Gasteiger partial charge in [-0.15, -0.1) is 0 Å². The molecule has 1 aromatic rings. The Balaban J connectivity index is 2.17. The summed E-state index contributed by atoms with van der Waals surface area (Å²) < 4.78 is 0. The first-order valence-electron chi connectivity index (χ1n) is 5.67. The van der Waals surface area contributed by atoms with Crippen LogP contribution in [0.5, 0.6) is 0 Å². The van der Waals surface area contributed by atoms with Crippen LogP contribution >= 0.6 is 0 Å². The third-order valence-corrected chi connectivity index (χ3v) is 2.62. The van der Waals surface area contributed by atoms with Gasteiger partial charge in [0, 0.05) is 12.0 Å². The van der Waals surface area contributed by atoms with E-state index in [1.807, 2.05) is 36.4 Å². The molecule has 0 aliphatic heterocycles. The summed E-state index contributed by atoms with van der Waals surface area (Å²) in [5.41, 5.74) is 1.65. The number of carbonyl (C=O) groups excluding carboxylic acids is 1. The molecular weight excluding hydrogens is 196 g/mol. The SMILES string of the molecule is O=C1CCCCC=C1C#Cc1ccccc1. The summed E-state index contributed by atoms with van der Waals surface area (Å²) >= 11 is 0. The predicted octanol–water partition coefficient (Wildman–Crippen LogP) is 3.11. The Labute approximate surface area is 96.2 Å². The zero-order valence-corrected chi connectivity index (χ0v) is 9.20. The van der Waals surface area contributed by atoms with Crippen LogP contribution in [-0.4, -0.2) is 5.78 Å². The van der Waals surface area contributed by atoms with Gasteiger partial charge in [-0.2, -0.15) is 0 Å². The van der Waals surface area contributed by atoms with Crippen LogP contribution in [-0.2, 0) is 4.79 Å². The van der Waals surface area contributed by atoms with Crippen LogP contribution in [0.1, 0.15) is 31.2 Å². The van der Waals surface area contributed by atoms with E-state index in [1.54, 1.807) is 0 Å². The molecule has 2 rings (SSSR count). The largest absolute Gasteiger partial charge is 0.293 e. The summed E-state index contributed by atoms with van der Waals surface area (Å²) in [7, 11) is 0. The molecule has 0 N–H and O–H groups in total. The number of allylic oxidation sites excluding steroid dienone is 2. The van der Waals surface area contributed by atoms with E-state index >= 15 is 0 Å². The maximum absolute atomic E-state index is 11.7. The monoisotopic (exact) mass is 210 g/mol. The molecule has 1 aliphatic rings. The number of ketones is 1. The molecule has 0 radical (unpaired) electrons. The summed E-state index contributed by atoms with van der Waals surface area (Å²) in [6, 6.07) is 9.77. The van der Waals surface area contributed by atoms with Gasteiger partial charge in [0.15, 0.2) is 5.78 Å². The fourth-order valence-corrected chi connectivity index (χ4v) is 1.71. The Morgan fingerprint density at radius 2 is 1.81 bits per heavy atom. The van der Waals surface area contributed by atoms with Crippen LogP contribution in [0, 0.1) is 11.8 Å². The van der Waals surface area contributed by atoms with Crippen LogP contribution in [0.15, 0.2) is 42.0 Å². The second kappa shape index (κ2) is 5.32. The molecule has 0 saturated heterocycles. The highest BCUT2D eigenvalue weighted by Crippen LogP contribution is 2.13. The molecule has 0 bridgehead atoms. The lowest BCUT2D eigenvalue weighted by Gasteiger charge is -1.93. The van der Waals surface area contributed by atoms with E-state index in [-0.39, 0.29) is 5.78 Å². The van der Waals surface area contributed by atoms with Gasteiger partial charge >= 0.3 is 0 Å². The number of Topliss-reactive ketones (excluding diaryl/α,β-unsaturated/α-hetero) is 1. The second-order valence-electron chi connectivity index (χ2n) is 3.90. The quantitative estimate of drug-likeness (QED) is 0.601. The van der Waals surface area contributed by atoms with Gasteiger partial charge in [0.25, 0.3) is 0 Å². The van der Waals surface area contributed by atoms with Crippen molar-refractivity contribution in [3.05, 3.63) is 47.5 Å². The summed E-state index contributed by atoms with van der Waals surface area (Å²) in [5.74, 6) is 6.22. The highest BCUT2D eigenvalue weighted by molar-refractivity contribution is 5.99. The fraction of sp³-hybridized carbons (Fsp3) is 0.267. The van der Waals surface area contributed by atoms with E-state index in [4.69, 9.17) is 0 Å². The van der Waals surface area contributed by atoms with Crippen molar-refractivity contribution in [2.45, 2.75) is 25.7 Å². The molecule has 0 atom stereocenters. The van der Waals surface area contributed by atoms with E-state index in [1.165, 1.54) is 0 Å². The maximum atomic E-state index is 11.7. The zero-order chi connectivity index (χ0) is 11.2. The number of hydrogen-bond acceptors (Lipinski definition) is 1. The standard InChI is InChI=1S/C15H14O/c16-15-10-6-2-5-9-14(15)12-11-13-7-3-1-4-8-13/h1,3-4,7-9H,2,5-6,10H2. The van der Waals surface area contributed by atoms with Gasteiger partial charge in [-0.25, -0.2) is 0 Å². The highest BCUT2D eigenvalue weighted by atomic mass is 16.1. The third kappa shape index (κ3) is 2.84. The van der Waals surface area contributed by atoms with Crippen molar-refractivity contribution in [2.24, 2.45) is 0 Å². The van der Waals surface area contributed by atoms with Gasteiger partial charge < -0.3 is 0 Å². The van der Waals surface area contributed by atoms with Crippen molar-refractivity contribution < 1.29 is 4.79 Å². The molecular formula is C15H14O. The molecule has 1 nitrogen and oxygen atoms in total. The molecule has 0 amide bonds. The lowest BCUT2D eigenvalue weighted by molar-refractivity contribution is -0.115. The van der Waals surface area contributed by atoms with Crippen molar-refractivity contribution in [3.8, 4) is 11.8 Å². The Morgan fingerprint density at radius 1 is 1.00 bits per heavy atom. The summed E-state index contributed by atoms with van der Waals surface area (Å²) in [6.45, 7) is 0. The zero-order valence-electron chi connectivity index (χ0n) is 9.20. The molecule has 1 heteroatoms. The van der Waals surface area contributed by atoms with Gasteiger partial charge in [0.2, 0.25) is 0 Å². The molecule has 0 heterocycles. The Kier molecular flexibility index (Phi) is 3.56. The van der Waals surface area contributed by atoms with Crippen molar-refractivity contribution in [1.82, 2.24) is 0 Å². The van der Waals surface area contributed by atoms with E-state index in [9.17, 15) is 4.79 Å². The van der Waals surface area contributed by atoms with Crippen molar-refractivity contribution in [2.75, 3.05) is 0 Å². The van der Waals surface area contributed by atoms with E-state index in [0.29, 0.717) is 12.0 Å². The van der Waals surface area contributed by atoms with Gasteiger partial charge in [0.1, 0.15) is 0 Å². The molecule has 0 unspecified atom stereocenters. The first-order valence-corrected chi connectivity index (χ1v) is 5.67. The van der Waals surface area contributed by atoms with Gasteiger partial charge in [0.05, 0.1) is 5.57 Å². The van der Waals surface area contributed by atoms with E-state index < -0.39 is 0 Å². The Morgan fingerprint density at radius 3 is 2.62 bits per heavy atom. The minimum atomic E-state index is 0.195. The number of carbonyl (C=O) groups is 1. The fourth-order valence-electron chi connectivity index (χ4n) is 1.71. The molecule has 16 heavy (non-hydrogen) atoms. The molecule has 1 aliphatic carbocycles. The molecule has 0 saturated carbocycles. The Hall–Kier alpha value is -1.81. The van der Waals surface area contributed by atoms with Crippen molar-refractivity contribution >= 4 is 5.78 Å². The van der Waals surface area contributed by atoms with Crippen LogP contribution in [0.4, 0.5) is 0 Å². The lowest BCUT2D eigenvalue weighted by Crippen LogP contribution is -1.98. The third-order valence-electron chi connectivity index (χ3n) is 2.62. The van der Waals surface area contributed by atoms with E-state index in [2.05, 4.69) is 11.8 Å². The number of benzene rings is 1. The summed E-state index contributed by atoms with van der Waals surface area (Å²) in [6.07, 6.45) is 5.69. The van der Waals surface area contributed by atoms with Crippen molar-refractivity contribution in [1.29, 1.82) is 0 Å². The molecule has 0 fully saturated rings. The normalized spacial score (nSPS) is 15.8. The summed E-state index contributed by atoms with van der Waals surface area (Å²) in [4.78, 5) is 11.7. The average molecular weight is 210 g/mol. The highest BCUT2D eigenvalue weighted by Gasteiger charge is 2.09. The number of rotatable bonds is 0. The van der Waals surface area contributed by atoms with Crippen LogP contribution in [0.25, 0.3) is 0 Å². The molecule has 0 aromatic heterocycles. The molecule has 0 spiro atoms. The van der Waals surface area contributed by atoms with Crippen molar-refractivity contribution in [3.63, 3.8) is 0 Å². The van der Waals surface area contributed by atoms with Crippen LogP contribution in [0.2, 0.25) is 0 Å². The summed E-state index contributed by atoms with van der Waals surface area (Å²) in [5, 5.41) is 0. The maximum Gasteiger partial charge on any atom is 0.170 e. The van der Waals surface area contributed by atoms with Gasteiger partial charge in [-0.3, -0.25) is 4.79 Å². The lowest BCUT2D eigenvalue weighted by atomic mass is 10.1. The first kappa shape index (κ1) is 10.7. The molecule has 1 aromatic carbocycles. The average Bonchev–Trinajstić information content (AvgIpc) is 2.53. The predicted molar refractivity (Wildman–Crippen MR) is 64.9 cm³/mol. The van der Waals surface area contributed by atoms with E-state index in [0.717, 1.165) is 24.8 Å². The van der Waals surface area contributed by atoms with Crippen LogP contribution in [0.3, 0.4) is 0 Å². The second-order valence-corrected chi connectivity index (χ2v) is 3.90. The topological polar surface area (TPSA) is 17.1 Å².